The molecule has 148 valence electrons. The van der Waals surface area contributed by atoms with E-state index in [2.05, 4.69) is 10.6 Å². The van der Waals surface area contributed by atoms with Gasteiger partial charge in [-0.05, 0) is 36.4 Å². The third-order valence-corrected chi connectivity index (χ3v) is 5.46. The summed E-state index contributed by atoms with van der Waals surface area (Å²) in [5.41, 5.74) is 0.653. The molecule has 3 rings (SSSR count). The highest BCUT2D eigenvalue weighted by Gasteiger charge is 2.37. The topological polar surface area (TPSA) is 98.7 Å². The number of nitrogens with zero attached hydrogens (tertiary/aromatic N) is 1. The van der Waals surface area contributed by atoms with Crippen molar-refractivity contribution in [2.75, 3.05) is 11.9 Å². The van der Waals surface area contributed by atoms with Crippen LogP contribution in [0.3, 0.4) is 0 Å². The summed E-state index contributed by atoms with van der Waals surface area (Å²) >= 11 is 1.52. The minimum Gasteiger partial charge on any atom is -0.383 e. The zero-order valence-corrected chi connectivity index (χ0v) is 16.2. The van der Waals surface area contributed by atoms with Crippen molar-refractivity contribution in [3.05, 3.63) is 52.7 Å². The number of aliphatic hydroxyl groups excluding tert-OH is 1. The van der Waals surface area contributed by atoms with Crippen molar-refractivity contribution in [3.63, 3.8) is 0 Å². The van der Waals surface area contributed by atoms with Crippen molar-refractivity contribution in [2.24, 2.45) is 0 Å². The quantitative estimate of drug-likeness (QED) is 0.658. The SMILES string of the molecule is O=C(C[C@@H](O)C(=O)N1CCC[C@H]1C(=O)Nc1ccccc1)NCc1cccs1. The molecule has 7 nitrogen and oxygen atoms in total. The highest BCUT2D eigenvalue weighted by Crippen LogP contribution is 2.21. The summed E-state index contributed by atoms with van der Waals surface area (Å²) in [7, 11) is 0. The molecule has 3 N–H and O–H groups in total. The van der Waals surface area contributed by atoms with E-state index in [9.17, 15) is 19.5 Å². The van der Waals surface area contributed by atoms with Gasteiger partial charge in [-0.25, -0.2) is 0 Å². The summed E-state index contributed by atoms with van der Waals surface area (Å²) in [6.45, 7) is 0.753. The summed E-state index contributed by atoms with van der Waals surface area (Å²) in [6.07, 6.45) is -0.584. The molecule has 8 heteroatoms. The summed E-state index contributed by atoms with van der Waals surface area (Å²) in [5.74, 6) is -1.28. The van der Waals surface area contributed by atoms with Crippen molar-refractivity contribution in [1.82, 2.24) is 10.2 Å². The number of thiophene rings is 1. The van der Waals surface area contributed by atoms with Gasteiger partial charge in [0, 0.05) is 17.1 Å². The predicted octanol–water partition coefficient (Wildman–Crippen LogP) is 1.74. The molecule has 2 atom stereocenters. The van der Waals surface area contributed by atoms with Crippen LogP contribution >= 0.6 is 11.3 Å². The van der Waals surface area contributed by atoms with E-state index in [4.69, 9.17) is 0 Å². The van der Waals surface area contributed by atoms with Crippen LogP contribution in [0, 0.1) is 0 Å². The fourth-order valence-electron chi connectivity index (χ4n) is 3.18. The van der Waals surface area contributed by atoms with E-state index < -0.39 is 24.0 Å². The number of likely N-dealkylation sites (tertiary alicyclic amines) is 1. The van der Waals surface area contributed by atoms with Crippen molar-refractivity contribution in [3.8, 4) is 0 Å². The fourth-order valence-corrected chi connectivity index (χ4v) is 3.82. The lowest BCUT2D eigenvalue weighted by Crippen LogP contribution is -2.48. The third-order valence-electron chi connectivity index (χ3n) is 4.58. The van der Waals surface area contributed by atoms with E-state index in [0.29, 0.717) is 31.6 Å². The standard InChI is InChI=1S/C20H23N3O4S/c24-17(12-18(25)21-13-15-8-5-11-28-15)20(27)23-10-4-9-16(23)19(26)22-14-6-2-1-3-7-14/h1-3,5-8,11,16-17,24H,4,9-10,12-13H2,(H,21,25)(H,22,26)/t16-,17+/m0/s1. The Morgan fingerprint density at radius 3 is 2.68 bits per heavy atom. The van der Waals surface area contributed by atoms with Crippen molar-refractivity contribution in [2.45, 2.75) is 38.0 Å². The van der Waals surface area contributed by atoms with Crippen molar-refractivity contribution >= 4 is 34.7 Å². The Kier molecular flexibility index (Phi) is 6.78. The molecule has 0 spiro atoms. The molecule has 1 aromatic carbocycles. The average Bonchev–Trinajstić information content (AvgIpc) is 3.38. The maximum atomic E-state index is 12.6. The van der Waals surface area contributed by atoms with Crippen LogP contribution in [0.2, 0.25) is 0 Å². The van der Waals surface area contributed by atoms with Crippen molar-refractivity contribution < 1.29 is 19.5 Å². The van der Waals surface area contributed by atoms with E-state index in [1.54, 1.807) is 12.1 Å². The smallest absolute Gasteiger partial charge is 0.252 e. The first-order chi connectivity index (χ1) is 13.5. The Morgan fingerprint density at radius 2 is 1.96 bits per heavy atom. The van der Waals surface area contributed by atoms with Crippen LogP contribution in [-0.2, 0) is 20.9 Å². The number of amides is 3. The van der Waals surface area contributed by atoms with Crippen molar-refractivity contribution in [1.29, 1.82) is 0 Å². The largest absolute Gasteiger partial charge is 0.383 e. The zero-order chi connectivity index (χ0) is 19.9. The van der Waals surface area contributed by atoms with Gasteiger partial charge >= 0.3 is 0 Å². The summed E-state index contributed by atoms with van der Waals surface area (Å²) in [4.78, 5) is 39.5. The Bertz CT molecular complexity index is 810. The van der Waals surface area contributed by atoms with Gasteiger partial charge in [0.15, 0.2) is 0 Å². The number of carbonyl (C=O) groups excluding carboxylic acids is 3. The maximum absolute atomic E-state index is 12.6. The number of nitrogens with one attached hydrogen (secondary N) is 2. The lowest BCUT2D eigenvalue weighted by atomic mass is 10.1. The van der Waals surface area contributed by atoms with Crippen LogP contribution in [0.4, 0.5) is 5.69 Å². The molecule has 0 saturated carbocycles. The van der Waals surface area contributed by atoms with Gasteiger partial charge in [0.1, 0.15) is 12.1 Å². The molecule has 28 heavy (non-hydrogen) atoms. The summed E-state index contributed by atoms with van der Waals surface area (Å²) in [5, 5.41) is 17.6. The van der Waals surface area contributed by atoms with Gasteiger partial charge in [0.05, 0.1) is 13.0 Å². The van der Waals surface area contributed by atoms with E-state index in [1.807, 2.05) is 35.7 Å². The number of anilines is 1. The molecule has 1 saturated heterocycles. The van der Waals surface area contributed by atoms with Gasteiger partial charge < -0.3 is 20.6 Å². The van der Waals surface area contributed by atoms with E-state index in [1.165, 1.54) is 16.2 Å². The van der Waals surface area contributed by atoms with Crippen LogP contribution < -0.4 is 10.6 Å². The van der Waals surface area contributed by atoms with Gasteiger partial charge in [-0.15, -0.1) is 11.3 Å². The van der Waals surface area contributed by atoms with Crippen LogP contribution in [0.1, 0.15) is 24.1 Å². The first-order valence-electron chi connectivity index (χ1n) is 9.18. The molecule has 1 aliphatic heterocycles. The van der Waals surface area contributed by atoms with Gasteiger partial charge in [-0.1, -0.05) is 24.3 Å². The van der Waals surface area contributed by atoms with Gasteiger partial charge in [-0.3, -0.25) is 14.4 Å². The summed E-state index contributed by atoms with van der Waals surface area (Å²) < 4.78 is 0. The predicted molar refractivity (Wildman–Crippen MR) is 107 cm³/mol. The first-order valence-corrected chi connectivity index (χ1v) is 10.1. The molecule has 0 bridgehead atoms. The van der Waals surface area contributed by atoms with Gasteiger partial charge in [0.25, 0.3) is 5.91 Å². The zero-order valence-electron chi connectivity index (χ0n) is 15.3. The average molecular weight is 401 g/mol. The molecule has 0 aliphatic carbocycles. The monoisotopic (exact) mass is 401 g/mol. The Labute approximate surface area is 167 Å². The van der Waals surface area contributed by atoms with Crippen LogP contribution in [0.5, 0.6) is 0 Å². The molecule has 0 unspecified atom stereocenters. The molecule has 2 heterocycles. The highest BCUT2D eigenvalue weighted by molar-refractivity contribution is 7.09. The lowest BCUT2D eigenvalue weighted by molar-refractivity contribution is -0.146. The molecule has 1 aromatic heterocycles. The van der Waals surface area contributed by atoms with E-state index in [-0.39, 0.29) is 12.3 Å². The molecule has 0 radical (unpaired) electrons. The molecular weight excluding hydrogens is 378 g/mol. The number of para-hydroxylation sites is 1. The number of carbonyl (C=O) groups is 3. The van der Waals surface area contributed by atoms with Crippen LogP contribution in [-0.4, -0.2) is 46.4 Å². The molecule has 2 aromatic rings. The lowest BCUT2D eigenvalue weighted by Gasteiger charge is -2.26. The normalized spacial score (nSPS) is 17.2. The highest BCUT2D eigenvalue weighted by atomic mass is 32.1. The maximum Gasteiger partial charge on any atom is 0.252 e. The number of hydrogen-bond acceptors (Lipinski definition) is 5. The van der Waals surface area contributed by atoms with E-state index >= 15 is 0 Å². The van der Waals surface area contributed by atoms with Gasteiger partial charge in [-0.2, -0.15) is 0 Å². The number of benzene rings is 1. The third kappa shape index (κ3) is 5.17. The Hall–Kier alpha value is -2.71. The molecular formula is C20H23N3O4S. The second-order valence-electron chi connectivity index (χ2n) is 6.62. The minimum atomic E-state index is -1.46. The van der Waals surface area contributed by atoms with Gasteiger partial charge in [0.2, 0.25) is 11.8 Å². The van der Waals surface area contributed by atoms with Crippen LogP contribution in [0.25, 0.3) is 0 Å². The fraction of sp³-hybridized carbons (Fsp3) is 0.350. The number of aliphatic hydroxyl groups is 1. The second kappa shape index (κ2) is 9.48. The van der Waals surface area contributed by atoms with Crippen LogP contribution in [0.15, 0.2) is 47.8 Å². The molecule has 1 fully saturated rings. The second-order valence-corrected chi connectivity index (χ2v) is 7.65. The molecule has 1 aliphatic rings. The van der Waals surface area contributed by atoms with E-state index in [0.717, 1.165) is 4.88 Å². The molecule has 3 amide bonds. The number of hydrogen-bond donors (Lipinski definition) is 3. The Morgan fingerprint density at radius 1 is 1.18 bits per heavy atom. The Balaban J connectivity index is 1.52. The summed E-state index contributed by atoms with van der Waals surface area (Å²) in [6, 6.07) is 12.2. The number of rotatable bonds is 7. The first kappa shape index (κ1) is 20.0. The minimum absolute atomic E-state index is 0.286.